The van der Waals surface area contributed by atoms with Crippen LogP contribution in [0.3, 0.4) is 0 Å². The molecule has 1 amide bonds. The fourth-order valence-electron chi connectivity index (χ4n) is 3.92. The van der Waals surface area contributed by atoms with Crippen LogP contribution in [0.15, 0.2) is 85.1 Å². The number of aromatic nitrogens is 1. The van der Waals surface area contributed by atoms with E-state index in [-0.39, 0.29) is 11.9 Å². The number of carbonyl (C=O) groups excluding carboxylic acids is 1. The third-order valence-electron chi connectivity index (χ3n) is 6.05. The van der Waals surface area contributed by atoms with E-state index in [1.54, 1.807) is 26.4 Å². The Labute approximate surface area is 214 Å². The van der Waals surface area contributed by atoms with E-state index in [0.29, 0.717) is 0 Å². The number of nitrogens with one attached hydrogen (secondary N) is 1. The second-order valence-corrected chi connectivity index (χ2v) is 8.71. The number of hydrogen-bond donors (Lipinski definition) is 1. The Kier molecular flexibility index (Phi) is 10.3. The number of methoxy groups -OCH3 is 2. The minimum Gasteiger partial charge on any atom is -0.497 e. The van der Waals surface area contributed by atoms with Crippen LogP contribution in [-0.4, -0.2) is 31.2 Å². The van der Waals surface area contributed by atoms with E-state index >= 15 is 0 Å². The van der Waals surface area contributed by atoms with Crippen molar-refractivity contribution in [1.82, 2.24) is 10.3 Å². The summed E-state index contributed by atoms with van der Waals surface area (Å²) in [5.74, 6) is 1.49. The van der Waals surface area contributed by atoms with E-state index in [1.165, 1.54) is 5.56 Å². The molecule has 0 radical (unpaired) electrons. The third-order valence-corrected chi connectivity index (χ3v) is 6.05. The van der Waals surface area contributed by atoms with Crippen LogP contribution in [0.25, 0.3) is 5.57 Å². The number of nitrogens with zero attached hydrogens (tertiary/aromatic N) is 1. The quantitative estimate of drug-likeness (QED) is 0.246. The Hall–Kier alpha value is -3.86. The number of benzene rings is 2. The molecule has 3 rings (SSSR count). The summed E-state index contributed by atoms with van der Waals surface area (Å²) in [6.45, 7) is 4.15. The Morgan fingerprint density at radius 3 is 2.06 bits per heavy atom. The van der Waals surface area contributed by atoms with Crippen molar-refractivity contribution in [1.29, 1.82) is 0 Å². The molecular weight excluding hydrogens is 448 g/mol. The molecule has 2 aromatic carbocycles. The zero-order valence-electron chi connectivity index (χ0n) is 21.7. The first-order valence-corrected chi connectivity index (χ1v) is 12.4. The second-order valence-electron chi connectivity index (χ2n) is 8.71. The van der Waals surface area contributed by atoms with Gasteiger partial charge in [-0.15, -0.1) is 0 Å². The van der Waals surface area contributed by atoms with E-state index < -0.39 is 0 Å². The first kappa shape index (κ1) is 26.7. The Morgan fingerprint density at radius 2 is 1.56 bits per heavy atom. The molecule has 0 bridgehead atoms. The first-order valence-electron chi connectivity index (χ1n) is 12.4. The highest BCUT2D eigenvalue weighted by atomic mass is 16.5. The van der Waals surface area contributed by atoms with Crippen LogP contribution in [0.1, 0.15) is 49.1 Å². The van der Waals surface area contributed by atoms with Gasteiger partial charge in [-0.25, -0.2) is 0 Å². The molecule has 0 spiro atoms. The van der Waals surface area contributed by atoms with Gasteiger partial charge in [0.05, 0.1) is 14.2 Å². The molecule has 0 aliphatic rings. The van der Waals surface area contributed by atoms with Crippen LogP contribution < -0.4 is 14.8 Å². The molecule has 1 heterocycles. The maximum absolute atomic E-state index is 12.5. The average molecular weight is 485 g/mol. The Morgan fingerprint density at radius 1 is 0.944 bits per heavy atom. The van der Waals surface area contributed by atoms with Crippen LogP contribution >= 0.6 is 0 Å². The topological polar surface area (TPSA) is 60.5 Å². The van der Waals surface area contributed by atoms with Gasteiger partial charge in [0.2, 0.25) is 5.91 Å². The molecule has 1 atom stereocenters. The molecule has 188 valence electrons. The average Bonchev–Trinajstić information content (AvgIpc) is 2.91. The highest BCUT2D eigenvalue weighted by molar-refractivity contribution is 5.89. The number of aryl methyl sites for hydroxylation is 2. The fourth-order valence-corrected chi connectivity index (χ4v) is 3.92. The van der Waals surface area contributed by atoms with Gasteiger partial charge >= 0.3 is 0 Å². The minimum atomic E-state index is -0.100. The molecule has 5 nitrogen and oxygen atoms in total. The molecule has 1 aromatic heterocycles. The monoisotopic (exact) mass is 484 g/mol. The van der Waals surface area contributed by atoms with Crippen molar-refractivity contribution in [3.8, 4) is 11.5 Å². The lowest BCUT2D eigenvalue weighted by Crippen LogP contribution is -2.31. The molecule has 0 unspecified atom stereocenters. The predicted octanol–water partition coefficient (Wildman–Crippen LogP) is 6.18. The van der Waals surface area contributed by atoms with Crippen LogP contribution in [-0.2, 0) is 17.6 Å². The van der Waals surface area contributed by atoms with E-state index in [2.05, 4.69) is 29.4 Å². The number of carbonyl (C=O) groups is 1. The largest absolute Gasteiger partial charge is 0.497 e. The van der Waals surface area contributed by atoms with Gasteiger partial charge < -0.3 is 14.8 Å². The third kappa shape index (κ3) is 8.12. The highest BCUT2D eigenvalue weighted by Crippen LogP contribution is 2.27. The van der Waals surface area contributed by atoms with Gasteiger partial charge in [0.1, 0.15) is 11.5 Å². The molecule has 0 saturated carbocycles. The normalized spacial score (nSPS) is 11.7. The minimum absolute atomic E-state index is 0.0941. The van der Waals surface area contributed by atoms with Crippen molar-refractivity contribution in [2.45, 2.75) is 45.6 Å². The Bertz CT molecular complexity index is 1100. The maximum atomic E-state index is 12.5. The van der Waals surface area contributed by atoms with Crippen molar-refractivity contribution in [3.05, 3.63) is 107 Å². The van der Waals surface area contributed by atoms with Crippen molar-refractivity contribution in [2.24, 2.45) is 0 Å². The van der Waals surface area contributed by atoms with E-state index in [9.17, 15) is 4.79 Å². The van der Waals surface area contributed by atoms with Crippen molar-refractivity contribution in [3.63, 3.8) is 0 Å². The molecule has 1 N–H and O–H groups in total. The summed E-state index contributed by atoms with van der Waals surface area (Å²) >= 11 is 0. The smallest absolute Gasteiger partial charge is 0.244 e. The summed E-state index contributed by atoms with van der Waals surface area (Å²) in [5, 5.41) is 3.06. The number of hydrogen-bond acceptors (Lipinski definition) is 4. The van der Waals surface area contributed by atoms with Gasteiger partial charge in [-0.1, -0.05) is 49.4 Å². The lowest BCUT2D eigenvalue weighted by Gasteiger charge is -2.12. The summed E-state index contributed by atoms with van der Waals surface area (Å²) in [4.78, 5) is 17.0. The number of pyridine rings is 1. The zero-order valence-corrected chi connectivity index (χ0v) is 21.7. The number of amides is 1. The molecule has 3 aromatic rings. The van der Waals surface area contributed by atoms with Crippen molar-refractivity contribution >= 4 is 11.5 Å². The van der Waals surface area contributed by atoms with E-state index in [1.807, 2.05) is 67.7 Å². The number of allylic oxidation sites excluding steroid dienone is 2. The van der Waals surface area contributed by atoms with E-state index in [4.69, 9.17) is 9.47 Å². The summed E-state index contributed by atoms with van der Waals surface area (Å²) in [7, 11) is 3.30. The van der Waals surface area contributed by atoms with Gasteiger partial charge in [0, 0.05) is 24.0 Å². The summed E-state index contributed by atoms with van der Waals surface area (Å²) in [5.41, 5.74) is 5.41. The lowest BCUT2D eigenvalue weighted by molar-refractivity contribution is -0.117. The van der Waals surface area contributed by atoms with Crippen molar-refractivity contribution < 1.29 is 14.3 Å². The van der Waals surface area contributed by atoms with E-state index in [0.717, 1.165) is 59.6 Å². The van der Waals surface area contributed by atoms with Gasteiger partial charge in [-0.3, -0.25) is 9.78 Å². The molecule has 36 heavy (non-hydrogen) atoms. The molecule has 0 saturated heterocycles. The molecule has 5 heteroatoms. The molecule has 0 aliphatic heterocycles. The Balaban J connectivity index is 1.60. The summed E-state index contributed by atoms with van der Waals surface area (Å²) < 4.78 is 10.6. The molecule has 0 fully saturated rings. The SMILES string of the molecule is CCc1ccc(CCC[C@@H](C)NC(=O)/C=C/C=C(c2ccc(OC)cc2)c2ccc(OC)cc2)cn1. The summed E-state index contributed by atoms with van der Waals surface area (Å²) in [6.07, 6.45) is 11.1. The van der Waals surface area contributed by atoms with Crippen molar-refractivity contribution in [2.75, 3.05) is 14.2 Å². The predicted molar refractivity (Wildman–Crippen MR) is 146 cm³/mol. The molecular formula is C31H36N2O3. The first-order chi connectivity index (χ1) is 17.5. The van der Waals surface area contributed by atoms with Crippen LogP contribution in [0, 0.1) is 0 Å². The highest BCUT2D eigenvalue weighted by Gasteiger charge is 2.07. The standard InChI is InChI=1S/C31H36N2O3/c1-5-27-17-12-24(22-32-27)9-6-8-23(2)33-31(34)11-7-10-30(25-13-18-28(35-3)19-14-25)26-15-20-29(36-4)21-16-26/h7,10-23H,5-6,8-9H2,1-4H3,(H,33,34)/b11-7+/t23-/m1/s1. The second kappa shape index (κ2) is 13.9. The van der Waals surface area contributed by atoms with Gasteiger partial charge in [-0.2, -0.15) is 0 Å². The van der Waals surface area contributed by atoms with Crippen LogP contribution in [0.2, 0.25) is 0 Å². The van der Waals surface area contributed by atoms with Gasteiger partial charge in [-0.05, 0) is 85.2 Å². The van der Waals surface area contributed by atoms with Crippen LogP contribution in [0.5, 0.6) is 11.5 Å². The number of ether oxygens (including phenoxy) is 2. The summed E-state index contributed by atoms with van der Waals surface area (Å²) in [6, 6.07) is 20.1. The van der Waals surface area contributed by atoms with Gasteiger partial charge in [0.25, 0.3) is 0 Å². The lowest BCUT2D eigenvalue weighted by atomic mass is 9.97. The van der Waals surface area contributed by atoms with Crippen LogP contribution in [0.4, 0.5) is 0 Å². The fraction of sp³-hybridized carbons (Fsp3) is 0.290. The zero-order chi connectivity index (χ0) is 25.8. The number of rotatable bonds is 12. The maximum Gasteiger partial charge on any atom is 0.244 e. The molecule has 0 aliphatic carbocycles. The van der Waals surface area contributed by atoms with Gasteiger partial charge in [0.15, 0.2) is 0 Å².